The van der Waals surface area contributed by atoms with E-state index in [-0.39, 0.29) is 16.4 Å². The molecule has 0 radical (unpaired) electrons. The van der Waals surface area contributed by atoms with Gasteiger partial charge >= 0.3 is 5.69 Å². The number of hydrogen-bond donors (Lipinski definition) is 1. The molecule has 9 heteroatoms. The van der Waals surface area contributed by atoms with Crippen LogP contribution in [0.2, 0.25) is 0 Å². The number of ether oxygens (including phenoxy) is 1. The molecule has 0 aliphatic carbocycles. The number of nitrogens with one attached hydrogen (secondary N) is 1. The Morgan fingerprint density at radius 1 is 1.19 bits per heavy atom. The second kappa shape index (κ2) is 7.11. The molecule has 0 aromatic heterocycles. The van der Waals surface area contributed by atoms with Gasteiger partial charge < -0.3 is 4.74 Å². The highest BCUT2D eigenvalue weighted by atomic mass is 32.2. The lowest BCUT2D eigenvalue weighted by Crippen LogP contribution is -2.40. The summed E-state index contributed by atoms with van der Waals surface area (Å²) in [4.78, 5) is 10.4. The number of nitriles is 1. The van der Waals surface area contributed by atoms with Gasteiger partial charge in [-0.15, -0.1) is 0 Å². The zero-order valence-electron chi connectivity index (χ0n) is 14.4. The Hall–Kier alpha value is -2.96. The maximum atomic E-state index is 12.4. The van der Waals surface area contributed by atoms with E-state index in [1.165, 1.54) is 24.3 Å². The highest BCUT2D eigenvalue weighted by Gasteiger charge is 2.26. The van der Waals surface area contributed by atoms with Gasteiger partial charge in [0.05, 0.1) is 21.5 Å². The number of nitro groups is 1. The molecule has 0 aliphatic rings. The summed E-state index contributed by atoms with van der Waals surface area (Å²) < 4.78 is 32.6. The van der Waals surface area contributed by atoms with Gasteiger partial charge in [-0.3, -0.25) is 10.1 Å². The molecule has 0 amide bonds. The summed E-state index contributed by atoms with van der Waals surface area (Å²) in [5.41, 5.74) is -0.900. The molecule has 0 spiro atoms. The topological polar surface area (TPSA) is 122 Å². The minimum absolute atomic E-state index is 0.125. The van der Waals surface area contributed by atoms with Gasteiger partial charge in [-0.05, 0) is 51.1 Å². The van der Waals surface area contributed by atoms with Gasteiger partial charge in [0.2, 0.25) is 15.8 Å². The van der Waals surface area contributed by atoms with Crippen LogP contribution in [0.15, 0.2) is 47.4 Å². The summed E-state index contributed by atoms with van der Waals surface area (Å²) in [5, 5.41) is 20.3. The molecule has 0 atom stereocenters. The average molecular weight is 375 g/mol. The van der Waals surface area contributed by atoms with Crippen molar-refractivity contribution in [2.24, 2.45) is 0 Å². The van der Waals surface area contributed by atoms with E-state index in [2.05, 4.69) is 4.72 Å². The molecule has 2 rings (SSSR count). The molecule has 2 aromatic carbocycles. The number of nitro benzene ring substituents is 1. The standard InChI is InChI=1S/C17H17N3O5S/c1-17(2,3)19-26(23,24)14-7-8-16(15(10-14)20(21)22)25-13-6-4-5-12(9-13)11-18/h4-10,19H,1-3H3. The van der Waals surface area contributed by atoms with Gasteiger partial charge in [0.15, 0.2) is 0 Å². The van der Waals surface area contributed by atoms with E-state index in [0.29, 0.717) is 5.56 Å². The van der Waals surface area contributed by atoms with Crippen LogP contribution in [0.1, 0.15) is 26.3 Å². The molecular formula is C17H17N3O5S. The molecule has 0 fully saturated rings. The summed E-state index contributed by atoms with van der Waals surface area (Å²) in [6, 6.07) is 11.4. The molecule has 0 saturated carbocycles. The minimum Gasteiger partial charge on any atom is -0.450 e. The normalized spacial score (nSPS) is 11.6. The van der Waals surface area contributed by atoms with Gasteiger partial charge in [-0.25, -0.2) is 13.1 Å². The smallest absolute Gasteiger partial charge is 0.312 e. The maximum absolute atomic E-state index is 12.4. The fourth-order valence-electron chi connectivity index (χ4n) is 2.11. The van der Waals surface area contributed by atoms with E-state index < -0.39 is 26.2 Å². The first kappa shape index (κ1) is 19.4. The van der Waals surface area contributed by atoms with Crippen LogP contribution in [-0.2, 0) is 10.0 Å². The van der Waals surface area contributed by atoms with Crippen molar-refractivity contribution >= 4 is 15.7 Å². The SMILES string of the molecule is CC(C)(C)NS(=O)(=O)c1ccc(Oc2cccc(C#N)c2)c([N+](=O)[O-])c1. The van der Waals surface area contributed by atoms with Crippen LogP contribution in [0.25, 0.3) is 0 Å². The Labute approximate surface area is 151 Å². The quantitative estimate of drug-likeness (QED) is 0.632. The van der Waals surface area contributed by atoms with E-state index >= 15 is 0 Å². The van der Waals surface area contributed by atoms with E-state index in [9.17, 15) is 18.5 Å². The fourth-order valence-corrected chi connectivity index (χ4v) is 3.55. The predicted octanol–water partition coefficient (Wildman–Crippen LogP) is 3.34. The van der Waals surface area contributed by atoms with Gasteiger partial charge in [-0.2, -0.15) is 5.26 Å². The van der Waals surface area contributed by atoms with Crippen LogP contribution in [0.5, 0.6) is 11.5 Å². The van der Waals surface area contributed by atoms with E-state index in [1.807, 2.05) is 6.07 Å². The van der Waals surface area contributed by atoms with Crippen molar-refractivity contribution in [2.75, 3.05) is 0 Å². The molecule has 0 bridgehead atoms. The fraction of sp³-hybridized carbons (Fsp3) is 0.235. The molecule has 2 aromatic rings. The average Bonchev–Trinajstić information content (AvgIpc) is 2.52. The van der Waals surface area contributed by atoms with Crippen molar-refractivity contribution in [3.05, 3.63) is 58.1 Å². The Morgan fingerprint density at radius 2 is 1.88 bits per heavy atom. The van der Waals surface area contributed by atoms with Crippen LogP contribution in [0.3, 0.4) is 0 Å². The Kier molecular flexibility index (Phi) is 5.30. The molecule has 8 nitrogen and oxygen atoms in total. The Bertz CT molecular complexity index is 988. The van der Waals surface area contributed by atoms with Gasteiger partial charge in [0.25, 0.3) is 0 Å². The second-order valence-electron chi connectivity index (χ2n) is 6.48. The largest absolute Gasteiger partial charge is 0.450 e. The maximum Gasteiger partial charge on any atom is 0.312 e. The van der Waals surface area contributed by atoms with Crippen molar-refractivity contribution in [3.63, 3.8) is 0 Å². The minimum atomic E-state index is -3.93. The molecule has 0 saturated heterocycles. The Morgan fingerprint density at radius 3 is 2.46 bits per heavy atom. The first-order chi connectivity index (χ1) is 12.0. The number of rotatable bonds is 5. The Balaban J connectivity index is 2.44. The summed E-state index contributed by atoms with van der Waals surface area (Å²) in [5.74, 6) is 0.107. The molecule has 0 unspecified atom stereocenters. The monoisotopic (exact) mass is 375 g/mol. The van der Waals surface area contributed by atoms with Crippen LogP contribution < -0.4 is 9.46 Å². The molecule has 0 heterocycles. The lowest BCUT2D eigenvalue weighted by Gasteiger charge is -2.20. The van der Waals surface area contributed by atoms with Crippen molar-refractivity contribution in [1.82, 2.24) is 4.72 Å². The first-order valence-electron chi connectivity index (χ1n) is 7.52. The molecule has 26 heavy (non-hydrogen) atoms. The van der Waals surface area contributed by atoms with Crippen molar-refractivity contribution in [2.45, 2.75) is 31.2 Å². The number of benzene rings is 2. The van der Waals surface area contributed by atoms with E-state index in [1.54, 1.807) is 32.9 Å². The van der Waals surface area contributed by atoms with Crippen molar-refractivity contribution < 1.29 is 18.1 Å². The van der Waals surface area contributed by atoms with E-state index in [0.717, 1.165) is 6.07 Å². The number of sulfonamides is 1. The van der Waals surface area contributed by atoms with E-state index in [4.69, 9.17) is 10.00 Å². The summed E-state index contributed by atoms with van der Waals surface area (Å²) in [6.45, 7) is 5.00. The van der Waals surface area contributed by atoms with Gasteiger partial charge in [-0.1, -0.05) is 6.07 Å². The third kappa shape index (κ3) is 4.78. The third-order valence-electron chi connectivity index (χ3n) is 3.07. The summed E-state index contributed by atoms with van der Waals surface area (Å²) >= 11 is 0. The zero-order chi connectivity index (χ0) is 19.5. The van der Waals surface area contributed by atoms with Crippen molar-refractivity contribution in [1.29, 1.82) is 5.26 Å². The number of nitrogens with zero attached hydrogens (tertiary/aromatic N) is 2. The lowest BCUT2D eigenvalue weighted by molar-refractivity contribution is -0.385. The molecule has 0 aliphatic heterocycles. The van der Waals surface area contributed by atoms with Crippen LogP contribution in [0.4, 0.5) is 5.69 Å². The van der Waals surface area contributed by atoms with Crippen LogP contribution in [0, 0.1) is 21.4 Å². The second-order valence-corrected chi connectivity index (χ2v) is 8.17. The molecule has 136 valence electrons. The summed E-state index contributed by atoms with van der Waals surface area (Å²) in [7, 11) is -3.93. The first-order valence-corrected chi connectivity index (χ1v) is 9.00. The molecule has 1 N–H and O–H groups in total. The predicted molar refractivity (Wildman–Crippen MR) is 94.4 cm³/mol. The zero-order valence-corrected chi connectivity index (χ0v) is 15.2. The third-order valence-corrected chi connectivity index (χ3v) is 4.82. The van der Waals surface area contributed by atoms with Gasteiger partial charge in [0, 0.05) is 11.6 Å². The molecular weight excluding hydrogens is 358 g/mol. The van der Waals surface area contributed by atoms with Gasteiger partial charge in [0.1, 0.15) is 5.75 Å². The van der Waals surface area contributed by atoms with Crippen LogP contribution >= 0.6 is 0 Å². The van der Waals surface area contributed by atoms with Crippen LogP contribution in [-0.4, -0.2) is 18.9 Å². The highest BCUT2D eigenvalue weighted by Crippen LogP contribution is 2.33. The number of hydrogen-bond acceptors (Lipinski definition) is 6. The van der Waals surface area contributed by atoms with Crippen molar-refractivity contribution in [3.8, 4) is 17.6 Å². The highest BCUT2D eigenvalue weighted by molar-refractivity contribution is 7.89. The lowest BCUT2D eigenvalue weighted by atomic mass is 10.1. The summed E-state index contributed by atoms with van der Waals surface area (Å²) in [6.07, 6.45) is 0.